The van der Waals surface area contributed by atoms with E-state index in [-0.39, 0.29) is 38.9 Å². The molecule has 1 saturated heterocycles. The van der Waals surface area contributed by atoms with Crippen LogP contribution in [0.1, 0.15) is 17.2 Å². The Labute approximate surface area is 187 Å². The molecule has 0 bridgehead atoms. The molecule has 0 spiro atoms. The minimum absolute atomic E-state index is 0.00981. The van der Waals surface area contributed by atoms with Crippen molar-refractivity contribution in [2.45, 2.75) is 6.04 Å². The molecule has 32 heavy (non-hydrogen) atoms. The van der Waals surface area contributed by atoms with Crippen LogP contribution in [0.2, 0.25) is 5.02 Å². The zero-order valence-corrected chi connectivity index (χ0v) is 17.5. The Morgan fingerprint density at radius 3 is 2.44 bits per heavy atom. The first-order valence-electron chi connectivity index (χ1n) is 9.52. The van der Waals surface area contributed by atoms with Gasteiger partial charge >= 0.3 is 0 Å². The van der Waals surface area contributed by atoms with Gasteiger partial charge in [-0.05, 0) is 36.4 Å². The number of aliphatic hydroxyl groups excluding tert-OH is 1. The second-order valence-corrected chi connectivity index (χ2v) is 7.44. The molecule has 8 heteroatoms. The highest BCUT2D eigenvalue weighted by Crippen LogP contribution is 2.45. The van der Waals surface area contributed by atoms with Crippen LogP contribution in [0.3, 0.4) is 0 Å². The summed E-state index contributed by atoms with van der Waals surface area (Å²) in [6.07, 6.45) is 0. The molecule has 4 rings (SSSR count). The van der Waals surface area contributed by atoms with Crippen LogP contribution in [-0.4, -0.2) is 29.0 Å². The molecular formula is C24H17ClFNO5. The first kappa shape index (κ1) is 21.4. The summed E-state index contributed by atoms with van der Waals surface area (Å²) in [5, 5.41) is 21.7. The molecule has 1 unspecified atom stereocenters. The van der Waals surface area contributed by atoms with Gasteiger partial charge in [0.1, 0.15) is 23.1 Å². The number of rotatable bonds is 4. The van der Waals surface area contributed by atoms with Crippen LogP contribution in [0.4, 0.5) is 10.1 Å². The average molecular weight is 454 g/mol. The third-order valence-corrected chi connectivity index (χ3v) is 5.52. The summed E-state index contributed by atoms with van der Waals surface area (Å²) in [4.78, 5) is 27.1. The number of anilines is 1. The normalized spacial score (nSPS) is 17.6. The van der Waals surface area contributed by atoms with E-state index in [0.29, 0.717) is 0 Å². The molecule has 162 valence electrons. The lowest BCUT2D eigenvalue weighted by Gasteiger charge is -2.26. The van der Waals surface area contributed by atoms with Gasteiger partial charge in [0.2, 0.25) is 0 Å². The fraction of sp³-hybridized carbons (Fsp3) is 0.0833. The molecule has 0 radical (unpaired) electrons. The predicted octanol–water partition coefficient (Wildman–Crippen LogP) is 4.82. The van der Waals surface area contributed by atoms with E-state index in [1.165, 1.54) is 55.6 Å². The van der Waals surface area contributed by atoms with Gasteiger partial charge in [-0.2, -0.15) is 0 Å². The summed E-state index contributed by atoms with van der Waals surface area (Å²) in [7, 11) is 1.39. The zero-order chi connectivity index (χ0) is 23.0. The number of Topliss-reactive ketones (excluding diaryl/α,β-unsaturated/α-hetero) is 1. The first-order chi connectivity index (χ1) is 15.3. The molecule has 0 saturated carbocycles. The van der Waals surface area contributed by atoms with Crippen molar-refractivity contribution >= 4 is 34.7 Å². The minimum Gasteiger partial charge on any atom is -0.507 e. The third kappa shape index (κ3) is 3.46. The molecule has 1 heterocycles. The summed E-state index contributed by atoms with van der Waals surface area (Å²) < 4.78 is 20.0. The number of hydrogen-bond acceptors (Lipinski definition) is 5. The topological polar surface area (TPSA) is 87.1 Å². The van der Waals surface area contributed by atoms with Gasteiger partial charge in [-0.3, -0.25) is 14.5 Å². The van der Waals surface area contributed by atoms with Crippen molar-refractivity contribution in [3.63, 3.8) is 0 Å². The number of amides is 1. The molecule has 6 nitrogen and oxygen atoms in total. The molecule has 1 aliphatic heterocycles. The number of aliphatic hydroxyl groups is 1. The van der Waals surface area contributed by atoms with Crippen molar-refractivity contribution in [1.29, 1.82) is 0 Å². The van der Waals surface area contributed by atoms with Crippen LogP contribution in [0.25, 0.3) is 5.76 Å². The minimum atomic E-state index is -1.31. The number of methoxy groups -OCH3 is 1. The highest BCUT2D eigenvalue weighted by atomic mass is 35.5. The van der Waals surface area contributed by atoms with Gasteiger partial charge in [-0.15, -0.1) is 0 Å². The Balaban J connectivity index is 2.00. The van der Waals surface area contributed by atoms with Crippen LogP contribution in [0.15, 0.2) is 72.3 Å². The Bertz CT molecular complexity index is 1270. The van der Waals surface area contributed by atoms with Crippen molar-refractivity contribution in [1.82, 2.24) is 0 Å². The number of phenolic OH excluding ortho intramolecular Hbond substituents is 1. The van der Waals surface area contributed by atoms with Crippen molar-refractivity contribution in [2.75, 3.05) is 12.0 Å². The third-order valence-electron chi connectivity index (χ3n) is 5.21. The van der Waals surface area contributed by atoms with Crippen molar-refractivity contribution < 1.29 is 28.9 Å². The number of carbonyl (C=O) groups is 2. The summed E-state index contributed by atoms with van der Waals surface area (Å²) in [5.74, 6) is -3.27. The highest BCUT2D eigenvalue weighted by Gasteiger charge is 2.48. The van der Waals surface area contributed by atoms with Crippen molar-refractivity contribution in [3.8, 4) is 11.5 Å². The molecule has 1 atom stereocenters. The van der Waals surface area contributed by atoms with Crippen LogP contribution in [-0.2, 0) is 9.59 Å². The molecule has 0 aromatic heterocycles. The second kappa shape index (κ2) is 8.36. The van der Waals surface area contributed by atoms with Crippen LogP contribution in [0.5, 0.6) is 11.5 Å². The molecule has 1 fully saturated rings. The number of ether oxygens (including phenoxy) is 1. The number of halogens is 2. The molecule has 3 aromatic rings. The fourth-order valence-corrected chi connectivity index (χ4v) is 3.90. The number of carbonyl (C=O) groups excluding carboxylic acids is 2. The standard InChI is InChI=1S/C24H17ClFNO5/c1-32-19-12-13(10-11-15(19)25)22(29)20-21(14-6-2-3-7-16(14)26)27(24(31)23(20)30)17-8-4-5-9-18(17)28/h2-12,21,28-29H,1H3/b22-20+. The van der Waals surface area contributed by atoms with E-state index in [9.17, 15) is 24.2 Å². The SMILES string of the molecule is COc1cc(/C(O)=C2\C(=O)C(=O)N(c3ccccc3O)C2c2ccccc2F)ccc1Cl. The predicted molar refractivity (Wildman–Crippen MR) is 117 cm³/mol. The summed E-state index contributed by atoms with van der Waals surface area (Å²) in [5.41, 5.74) is -0.177. The zero-order valence-electron chi connectivity index (χ0n) is 16.8. The number of ketones is 1. The Morgan fingerprint density at radius 1 is 1.06 bits per heavy atom. The number of para-hydroxylation sites is 2. The smallest absolute Gasteiger partial charge is 0.300 e. The number of phenols is 1. The van der Waals surface area contributed by atoms with E-state index in [4.69, 9.17) is 16.3 Å². The van der Waals surface area contributed by atoms with E-state index in [2.05, 4.69) is 0 Å². The van der Waals surface area contributed by atoms with Gasteiger partial charge in [0.05, 0.1) is 29.4 Å². The maximum absolute atomic E-state index is 14.8. The lowest BCUT2D eigenvalue weighted by molar-refractivity contribution is -0.132. The number of nitrogens with zero attached hydrogens (tertiary/aromatic N) is 1. The average Bonchev–Trinajstić information content (AvgIpc) is 3.04. The van der Waals surface area contributed by atoms with Crippen molar-refractivity contribution in [3.05, 3.63) is 94.3 Å². The molecule has 1 amide bonds. The maximum Gasteiger partial charge on any atom is 0.300 e. The monoisotopic (exact) mass is 453 g/mol. The molecule has 1 aliphatic rings. The van der Waals surface area contributed by atoms with Gasteiger partial charge in [-0.1, -0.05) is 41.9 Å². The van der Waals surface area contributed by atoms with E-state index in [1.807, 2.05) is 0 Å². The molecule has 0 aliphatic carbocycles. The maximum atomic E-state index is 14.8. The van der Waals surface area contributed by atoms with Crippen LogP contribution < -0.4 is 9.64 Å². The Hall–Kier alpha value is -3.84. The number of benzene rings is 3. The summed E-state index contributed by atoms with van der Waals surface area (Å²) >= 11 is 6.05. The first-order valence-corrected chi connectivity index (χ1v) is 9.90. The van der Waals surface area contributed by atoms with E-state index >= 15 is 0 Å². The van der Waals surface area contributed by atoms with Crippen molar-refractivity contribution in [2.24, 2.45) is 0 Å². The summed E-state index contributed by atoms with van der Waals surface area (Å²) in [6, 6.07) is 14.5. The number of aromatic hydroxyl groups is 1. The van der Waals surface area contributed by atoms with Gasteiger partial charge < -0.3 is 14.9 Å². The lowest BCUT2D eigenvalue weighted by atomic mass is 9.94. The van der Waals surface area contributed by atoms with Gasteiger partial charge in [-0.25, -0.2) is 4.39 Å². The quantitative estimate of drug-likeness (QED) is 0.336. The molecule has 3 aromatic carbocycles. The van der Waals surface area contributed by atoms with Gasteiger partial charge in [0.25, 0.3) is 11.7 Å². The van der Waals surface area contributed by atoms with Crippen LogP contribution in [0, 0.1) is 5.82 Å². The molecular weight excluding hydrogens is 437 g/mol. The van der Waals surface area contributed by atoms with E-state index in [0.717, 1.165) is 4.90 Å². The largest absolute Gasteiger partial charge is 0.507 e. The Kier molecular flexibility index (Phi) is 5.59. The van der Waals surface area contributed by atoms with Gasteiger partial charge in [0.15, 0.2) is 0 Å². The lowest BCUT2D eigenvalue weighted by Crippen LogP contribution is -2.29. The van der Waals surface area contributed by atoms with E-state index < -0.39 is 29.3 Å². The Morgan fingerprint density at radius 2 is 1.75 bits per heavy atom. The molecule has 2 N–H and O–H groups in total. The second-order valence-electron chi connectivity index (χ2n) is 7.03. The fourth-order valence-electron chi connectivity index (χ4n) is 3.70. The van der Waals surface area contributed by atoms with E-state index in [1.54, 1.807) is 18.2 Å². The van der Waals surface area contributed by atoms with Gasteiger partial charge in [0, 0.05) is 11.1 Å². The van der Waals surface area contributed by atoms with Crippen LogP contribution >= 0.6 is 11.6 Å². The highest BCUT2D eigenvalue weighted by molar-refractivity contribution is 6.52. The summed E-state index contributed by atoms with van der Waals surface area (Å²) in [6.45, 7) is 0. The number of hydrogen-bond donors (Lipinski definition) is 2.